The molecule has 29 heavy (non-hydrogen) atoms. The number of hydrogen-bond acceptors (Lipinski definition) is 6. The van der Waals surface area contributed by atoms with E-state index in [1.807, 2.05) is 0 Å². The van der Waals surface area contributed by atoms with E-state index < -0.39 is 27.6 Å². The summed E-state index contributed by atoms with van der Waals surface area (Å²) in [5, 5.41) is 3.52. The molecule has 154 valence electrons. The number of ether oxygens (including phenoxy) is 1. The highest BCUT2D eigenvalue weighted by atomic mass is 32.2. The van der Waals surface area contributed by atoms with Crippen LogP contribution in [0.1, 0.15) is 12.5 Å². The molecule has 1 atom stereocenters. The second-order valence-corrected chi connectivity index (χ2v) is 8.54. The number of hydrogen-bond donors (Lipinski definition) is 1. The first-order chi connectivity index (χ1) is 13.6. The van der Waals surface area contributed by atoms with E-state index in [4.69, 9.17) is 4.74 Å². The van der Waals surface area contributed by atoms with Gasteiger partial charge in [0.25, 0.3) is 0 Å². The predicted octanol–water partition coefficient (Wildman–Crippen LogP) is 3.93. The van der Waals surface area contributed by atoms with Crippen LogP contribution in [0.5, 0.6) is 5.75 Å². The molecule has 0 aliphatic heterocycles. The highest BCUT2D eigenvalue weighted by molar-refractivity contribution is 7.90. The predicted molar refractivity (Wildman–Crippen MR) is 103 cm³/mol. The molecular weight excluding hydrogens is 407 g/mol. The van der Waals surface area contributed by atoms with Gasteiger partial charge in [0.2, 0.25) is 0 Å². The average Bonchev–Trinajstić information content (AvgIpc) is 2.65. The van der Waals surface area contributed by atoms with Crippen molar-refractivity contribution in [2.75, 3.05) is 18.2 Å². The van der Waals surface area contributed by atoms with Crippen molar-refractivity contribution in [3.63, 3.8) is 0 Å². The van der Waals surface area contributed by atoms with Gasteiger partial charge in [-0.15, -0.1) is 0 Å². The summed E-state index contributed by atoms with van der Waals surface area (Å²) in [6.07, 6.45) is -2.10. The van der Waals surface area contributed by atoms with Crippen molar-refractivity contribution in [2.24, 2.45) is 0 Å². The summed E-state index contributed by atoms with van der Waals surface area (Å²) in [6.45, 7) is 1.65. The zero-order chi connectivity index (χ0) is 21.2. The Hall–Kier alpha value is -2.88. The fourth-order valence-electron chi connectivity index (χ4n) is 2.70. The smallest absolute Gasteiger partial charge is 0.419 e. The van der Waals surface area contributed by atoms with E-state index in [1.165, 1.54) is 36.7 Å². The maximum atomic E-state index is 13.1. The van der Waals surface area contributed by atoms with E-state index in [0.29, 0.717) is 16.7 Å². The Morgan fingerprint density at radius 2 is 1.86 bits per heavy atom. The van der Waals surface area contributed by atoms with Gasteiger partial charge in [-0.1, -0.05) is 12.1 Å². The van der Waals surface area contributed by atoms with Gasteiger partial charge in [-0.25, -0.2) is 18.4 Å². The number of aromatic nitrogens is 2. The lowest BCUT2D eigenvalue weighted by atomic mass is 10.2. The molecule has 0 saturated heterocycles. The minimum Gasteiger partial charge on any atom is -0.491 e. The first-order valence-electron chi connectivity index (χ1n) is 8.56. The van der Waals surface area contributed by atoms with Crippen LogP contribution in [0.25, 0.3) is 10.9 Å². The van der Waals surface area contributed by atoms with Crippen molar-refractivity contribution >= 4 is 26.6 Å². The number of para-hydroxylation sites is 1. The van der Waals surface area contributed by atoms with E-state index in [2.05, 4.69) is 15.3 Å². The summed E-state index contributed by atoms with van der Waals surface area (Å²) in [5.41, 5.74) is -0.317. The van der Waals surface area contributed by atoms with Crippen LogP contribution in [0.3, 0.4) is 0 Å². The number of sulfone groups is 1. The Labute approximate surface area is 165 Å². The molecule has 0 aliphatic carbocycles. The highest BCUT2D eigenvalue weighted by Crippen LogP contribution is 2.36. The minimum atomic E-state index is -4.52. The van der Waals surface area contributed by atoms with Crippen LogP contribution < -0.4 is 10.1 Å². The van der Waals surface area contributed by atoms with Crippen LogP contribution in [0, 0.1) is 0 Å². The van der Waals surface area contributed by atoms with Gasteiger partial charge in [-0.3, -0.25) is 0 Å². The van der Waals surface area contributed by atoms with E-state index in [-0.39, 0.29) is 17.3 Å². The fraction of sp³-hybridized carbons (Fsp3) is 0.263. The summed E-state index contributed by atoms with van der Waals surface area (Å²) in [5.74, 6) is 0.0984. The summed E-state index contributed by atoms with van der Waals surface area (Å²) in [6, 6.07) is 9.04. The molecular formula is C19H18F3N3O3S. The van der Waals surface area contributed by atoms with E-state index in [0.717, 1.165) is 12.3 Å². The van der Waals surface area contributed by atoms with Gasteiger partial charge in [0.15, 0.2) is 9.84 Å². The molecule has 1 aromatic heterocycles. The third-order valence-corrected chi connectivity index (χ3v) is 5.21. The van der Waals surface area contributed by atoms with Crippen molar-refractivity contribution in [1.29, 1.82) is 0 Å². The molecule has 10 heteroatoms. The number of nitrogens with zero attached hydrogens (tertiary/aromatic N) is 2. The van der Waals surface area contributed by atoms with Gasteiger partial charge >= 0.3 is 6.18 Å². The van der Waals surface area contributed by atoms with Crippen LogP contribution in [-0.2, 0) is 16.0 Å². The zero-order valence-corrected chi connectivity index (χ0v) is 16.4. The van der Waals surface area contributed by atoms with Gasteiger partial charge < -0.3 is 10.1 Å². The highest BCUT2D eigenvalue weighted by Gasteiger charge is 2.34. The van der Waals surface area contributed by atoms with Gasteiger partial charge in [-0.2, -0.15) is 13.2 Å². The Morgan fingerprint density at radius 1 is 1.14 bits per heavy atom. The molecule has 3 aromatic rings. The SMILES string of the molecule is CC(COc1ccccc1C(F)(F)F)Nc1ncnc2ccc(S(C)(=O)=O)cc12. The van der Waals surface area contributed by atoms with E-state index in [1.54, 1.807) is 13.0 Å². The lowest BCUT2D eigenvalue weighted by Gasteiger charge is -2.19. The Kier molecular flexibility index (Phi) is 5.65. The first-order valence-corrected chi connectivity index (χ1v) is 10.5. The first kappa shape index (κ1) is 20.8. The summed E-state index contributed by atoms with van der Waals surface area (Å²) < 4.78 is 68.2. The Bertz CT molecular complexity index is 1130. The molecule has 0 saturated carbocycles. The zero-order valence-electron chi connectivity index (χ0n) is 15.6. The maximum Gasteiger partial charge on any atom is 0.419 e. The van der Waals surface area contributed by atoms with Gasteiger partial charge in [0.05, 0.1) is 22.0 Å². The van der Waals surface area contributed by atoms with Crippen molar-refractivity contribution < 1.29 is 26.3 Å². The normalized spacial score (nSPS) is 13.3. The van der Waals surface area contributed by atoms with Gasteiger partial charge in [0.1, 0.15) is 24.5 Å². The number of nitrogens with one attached hydrogen (secondary N) is 1. The lowest BCUT2D eigenvalue weighted by molar-refractivity contribution is -0.139. The van der Waals surface area contributed by atoms with E-state index >= 15 is 0 Å². The molecule has 0 bridgehead atoms. The maximum absolute atomic E-state index is 13.1. The van der Waals surface area contributed by atoms with Crippen LogP contribution in [0.4, 0.5) is 19.0 Å². The molecule has 1 N–H and O–H groups in total. The molecule has 6 nitrogen and oxygen atoms in total. The van der Waals surface area contributed by atoms with Crippen LogP contribution in [0.15, 0.2) is 53.7 Å². The molecule has 1 unspecified atom stereocenters. The van der Waals surface area contributed by atoms with Crippen molar-refractivity contribution in [1.82, 2.24) is 9.97 Å². The molecule has 3 rings (SSSR count). The second kappa shape index (κ2) is 7.86. The van der Waals surface area contributed by atoms with Crippen LogP contribution >= 0.6 is 0 Å². The van der Waals surface area contributed by atoms with Gasteiger partial charge in [0, 0.05) is 11.6 Å². The second-order valence-electron chi connectivity index (χ2n) is 6.52. The number of alkyl halides is 3. The summed E-state index contributed by atoms with van der Waals surface area (Å²) in [7, 11) is -3.42. The number of halogens is 3. The van der Waals surface area contributed by atoms with Crippen LogP contribution in [0.2, 0.25) is 0 Å². The number of rotatable bonds is 6. The standard InChI is InChI=1S/C19H18F3N3O3S/c1-12(10-28-17-6-4-3-5-15(17)19(20,21)22)25-18-14-9-13(29(2,26)27)7-8-16(14)23-11-24-18/h3-9,11-12H,10H2,1-2H3,(H,23,24,25). The molecule has 2 aromatic carbocycles. The largest absolute Gasteiger partial charge is 0.491 e. The molecule has 0 aliphatic rings. The molecule has 0 fully saturated rings. The topological polar surface area (TPSA) is 81.2 Å². The van der Waals surface area contributed by atoms with Crippen molar-refractivity contribution in [3.05, 3.63) is 54.4 Å². The van der Waals surface area contributed by atoms with Crippen LogP contribution in [-0.4, -0.2) is 37.3 Å². The Balaban J connectivity index is 1.80. The summed E-state index contributed by atoms with van der Waals surface area (Å²) >= 11 is 0. The molecule has 0 spiro atoms. The minimum absolute atomic E-state index is 0.0651. The van der Waals surface area contributed by atoms with E-state index in [9.17, 15) is 21.6 Å². The molecule has 0 radical (unpaired) electrons. The number of fused-ring (bicyclic) bond motifs is 1. The average molecular weight is 425 g/mol. The molecule has 1 heterocycles. The summed E-state index contributed by atoms with van der Waals surface area (Å²) in [4.78, 5) is 8.35. The lowest BCUT2D eigenvalue weighted by Crippen LogP contribution is -2.25. The van der Waals surface area contributed by atoms with Crippen molar-refractivity contribution in [3.8, 4) is 5.75 Å². The van der Waals surface area contributed by atoms with Crippen molar-refractivity contribution in [2.45, 2.75) is 24.0 Å². The molecule has 0 amide bonds. The third kappa shape index (κ3) is 4.94. The monoisotopic (exact) mass is 425 g/mol. The number of benzene rings is 2. The third-order valence-electron chi connectivity index (χ3n) is 4.10. The quantitative estimate of drug-likeness (QED) is 0.645. The Morgan fingerprint density at radius 3 is 2.55 bits per heavy atom. The number of anilines is 1. The fourth-order valence-corrected chi connectivity index (χ4v) is 3.35. The van der Waals surface area contributed by atoms with Gasteiger partial charge in [-0.05, 0) is 37.3 Å².